The number of unbranched alkanes of at least 4 members (excludes halogenated alkanes) is 10. The van der Waals surface area contributed by atoms with E-state index in [1.807, 2.05) is 121 Å². The number of carbonyl (C=O) groups excluding carboxylic acids is 12. The van der Waals surface area contributed by atoms with Gasteiger partial charge in [0.25, 0.3) is 0 Å². The van der Waals surface area contributed by atoms with Crippen molar-refractivity contribution in [3.05, 3.63) is 156 Å². The molecule has 144 heavy (non-hydrogen) atoms. The van der Waals surface area contributed by atoms with Gasteiger partial charge in [0.15, 0.2) is 0 Å². The molecule has 4 aromatic rings. The molecule has 7 rings (SSSR count). The fraction of sp³-hybridized carbons (Fsp3) is 0.574. The summed E-state index contributed by atoms with van der Waals surface area (Å²) < 4.78 is 0. The topological polar surface area (TPSA) is 652 Å². The minimum absolute atomic E-state index is 0.00999. The largest absolute Gasteiger partial charge is 0.511 e. The van der Waals surface area contributed by atoms with Crippen LogP contribution in [-0.4, -0.2) is 296 Å². The minimum Gasteiger partial charge on any atom is -0.511 e. The van der Waals surface area contributed by atoms with Crippen molar-refractivity contribution in [1.29, 1.82) is 0 Å². The number of carboxylic acids is 5. The lowest BCUT2D eigenvalue weighted by Gasteiger charge is -2.39. The first-order valence-electron chi connectivity index (χ1n) is 50.2. The van der Waals surface area contributed by atoms with E-state index in [-0.39, 0.29) is 126 Å². The highest BCUT2D eigenvalue weighted by Crippen LogP contribution is 2.18. The molecule has 0 radical (unpaired) electrons. The fourth-order valence-electron chi connectivity index (χ4n) is 16.5. The first-order valence-corrected chi connectivity index (χ1v) is 50.2. The van der Waals surface area contributed by atoms with Crippen LogP contribution in [0.25, 0.3) is 0 Å². The number of amides is 14. The van der Waals surface area contributed by atoms with Crippen LogP contribution in [0.3, 0.4) is 0 Å². The zero-order valence-electron chi connectivity index (χ0n) is 82.4. The molecule has 0 saturated carbocycles. The number of benzene rings is 4. The van der Waals surface area contributed by atoms with E-state index in [9.17, 15) is 102 Å². The average molecular weight is 2010 g/mol. The van der Waals surface area contributed by atoms with Crippen molar-refractivity contribution < 1.29 is 112 Å². The van der Waals surface area contributed by atoms with E-state index in [0.29, 0.717) is 156 Å². The van der Waals surface area contributed by atoms with Gasteiger partial charge in [-0.15, -0.1) is 0 Å². The van der Waals surface area contributed by atoms with Crippen molar-refractivity contribution >= 4 is 101 Å². The molecule has 3 fully saturated rings. The monoisotopic (exact) mass is 2010 g/mol. The zero-order chi connectivity index (χ0) is 105. The number of urea groups is 2. The Morgan fingerprint density at radius 1 is 0.257 bits per heavy atom. The maximum Gasteiger partial charge on any atom is 0.326 e. The van der Waals surface area contributed by atoms with Crippen LogP contribution in [0.15, 0.2) is 134 Å². The smallest absolute Gasteiger partial charge is 0.326 e. The normalized spacial score (nSPS) is 16.6. The van der Waals surface area contributed by atoms with Gasteiger partial charge in [0.2, 0.25) is 59.1 Å². The number of aliphatic hydroxyl groups is 1. The standard InChI is InChI=1S/C101H152N20O23/c1-70(122)75(116-98(143)118-77(96(139)140)46-48-89(129)130)38-22-26-50-108-83(123)40-20-4-2-6-24-52-110-91(133)79(60-71-30-12-8-13-31-71)114-93(135)81(62-73-34-16-10-17-35-73)112-85(125)42-28-44-87(127)120-100-64-102-54-57-105-67-101(68-106-58-55-103-65-100,69-107-59-56-104-66-100)121-88(128)45-29-43-86(126)113-82(63-74-36-18-11-19-37-74)94(136)115-80(61-72-32-14-9-15-33-72)92(134)111-53-25-7-3-5-21-41-84(124)109-51-27-23-39-76(95(137)138)117-99(144)119-78(97(141)142)47-49-90(131)132/h8-19,30-37,75-82,102-107,122H,1-7,20-29,38-69H2,(H,108,123)(H,109,124)(H,110,133)(H,111,134)(H,112,125)(H,113,126)(H,114,135)(H,115,136)(H,120,127)(H,121,128)(H,129,130)(H,131,132)(H,137,138)(H,139,140)(H,141,142)(H2,116,118,143)(H2,117,119,144)/t75-,76-,77-,78-,79-,80-,81-,82?,100?,101?/m0/s1. The lowest BCUT2D eigenvalue weighted by Crippen LogP contribution is -2.68. The Hall–Kier alpha value is -13.2. The Kier molecular flexibility index (Phi) is 57.1. The maximum atomic E-state index is 14.5. The molecule has 1 unspecified atom stereocenters. The molecular weight excluding hydrogens is 1860 g/mol. The number of nitrogens with one attached hydrogen (secondary N) is 20. The molecule has 26 N–H and O–H groups in total. The Labute approximate surface area is 841 Å². The summed E-state index contributed by atoms with van der Waals surface area (Å²) in [4.78, 5) is 220. The van der Waals surface area contributed by atoms with Gasteiger partial charge in [0.05, 0.1) is 17.1 Å². The SMILES string of the molecule is C=C(O)[C@H](CCCCNC(=O)CCCCCCCNC(=O)[C@H](Cc1ccccc1)NC(=O)[C@H](Cc1ccccc1)NC(=O)CCCC(=O)NC12CNCCNCC(NC(=O)CCCC(=O)NC(Cc3ccccc3)C(=O)N[C@@H](Cc3ccccc3)C(=O)NCCCCCCCC(=O)NCCCC[C@H](NC(=O)N[C@@H](CCC(=O)O)C(=O)O)C(=O)O)(CNCCNC1)CNCCNC2)NC(=O)N[C@@H](CCC(=O)O)C(=O)O. The number of aliphatic hydroxyl groups excluding tert-OH is 1. The lowest BCUT2D eigenvalue weighted by atomic mass is 9.96. The van der Waals surface area contributed by atoms with Crippen molar-refractivity contribution in [2.75, 3.05) is 105 Å². The van der Waals surface area contributed by atoms with Crippen LogP contribution < -0.4 is 106 Å². The molecule has 14 amide bonds. The summed E-state index contributed by atoms with van der Waals surface area (Å²) in [6, 6.07) is 25.3. The number of hydrogen-bond acceptors (Lipinski definition) is 24. The maximum absolute atomic E-state index is 14.5. The second-order valence-corrected chi connectivity index (χ2v) is 36.7. The summed E-state index contributed by atoms with van der Waals surface area (Å²) in [7, 11) is 0. The molecule has 8 atom stereocenters. The van der Waals surface area contributed by atoms with Gasteiger partial charge in [0, 0.05) is 182 Å². The van der Waals surface area contributed by atoms with Gasteiger partial charge >= 0.3 is 41.9 Å². The van der Waals surface area contributed by atoms with Gasteiger partial charge in [-0.3, -0.25) is 57.5 Å². The fourth-order valence-corrected chi connectivity index (χ4v) is 16.5. The highest BCUT2D eigenvalue weighted by Gasteiger charge is 2.37. The highest BCUT2D eigenvalue weighted by molar-refractivity contribution is 5.94. The molecule has 4 aromatic carbocycles. The minimum atomic E-state index is -1.53. The van der Waals surface area contributed by atoms with Crippen LogP contribution in [-0.2, 0) is 97.6 Å². The summed E-state index contributed by atoms with van der Waals surface area (Å²) in [5, 5.41) is 116. The number of aliphatic carboxylic acids is 5. The molecule has 2 bridgehead atoms. The lowest BCUT2D eigenvalue weighted by molar-refractivity contribution is -0.142. The van der Waals surface area contributed by atoms with E-state index in [1.165, 1.54) is 0 Å². The number of rotatable bonds is 66. The molecule has 3 heterocycles. The first kappa shape index (κ1) is 119. The van der Waals surface area contributed by atoms with Crippen molar-refractivity contribution in [3.63, 3.8) is 0 Å². The predicted molar refractivity (Wildman–Crippen MR) is 537 cm³/mol. The van der Waals surface area contributed by atoms with E-state index >= 15 is 0 Å². The second kappa shape index (κ2) is 68.9. The Balaban J connectivity index is 0.915. The molecule has 794 valence electrons. The van der Waals surface area contributed by atoms with Crippen LogP contribution in [0, 0.1) is 0 Å². The van der Waals surface area contributed by atoms with Gasteiger partial charge in [-0.1, -0.05) is 166 Å². The summed E-state index contributed by atoms with van der Waals surface area (Å²) in [5.41, 5.74) is 1.45. The third kappa shape index (κ3) is 51.6. The molecular formula is C101H152N20O23. The van der Waals surface area contributed by atoms with Crippen LogP contribution in [0.1, 0.15) is 202 Å². The average Bonchev–Trinajstić information content (AvgIpc) is 0.837. The molecule has 0 aliphatic carbocycles. The molecule has 3 aliphatic heterocycles. The highest BCUT2D eigenvalue weighted by atomic mass is 16.4. The molecule has 0 spiro atoms. The van der Waals surface area contributed by atoms with E-state index < -0.39 is 156 Å². The van der Waals surface area contributed by atoms with Crippen LogP contribution in [0.5, 0.6) is 0 Å². The number of fused-ring (bicyclic) bond motifs is 15. The van der Waals surface area contributed by atoms with Crippen LogP contribution in [0.4, 0.5) is 9.59 Å². The van der Waals surface area contributed by atoms with Crippen molar-refractivity contribution in [2.45, 2.75) is 265 Å². The summed E-state index contributed by atoms with van der Waals surface area (Å²) in [6.45, 7) is 9.70. The zero-order valence-corrected chi connectivity index (χ0v) is 82.4. The predicted octanol–water partition coefficient (Wildman–Crippen LogP) is 2.13. The molecule has 3 saturated heterocycles. The summed E-state index contributed by atoms with van der Waals surface area (Å²) in [6.07, 6.45) is 8.34. The summed E-state index contributed by atoms with van der Waals surface area (Å²) in [5.74, 6) is -10.9. The quantitative estimate of drug-likeness (QED) is 0.0222. The Morgan fingerprint density at radius 3 is 0.819 bits per heavy atom. The number of carboxylic acid groups (broad SMARTS) is 5. The van der Waals surface area contributed by atoms with Crippen molar-refractivity contribution in [1.82, 2.24) is 106 Å². The van der Waals surface area contributed by atoms with E-state index in [0.717, 1.165) is 60.8 Å². The second-order valence-electron chi connectivity index (χ2n) is 36.7. The van der Waals surface area contributed by atoms with E-state index in [2.05, 4.69) is 113 Å². The van der Waals surface area contributed by atoms with Crippen LogP contribution in [0.2, 0.25) is 0 Å². The van der Waals surface area contributed by atoms with Crippen molar-refractivity contribution in [3.8, 4) is 0 Å². The third-order valence-electron chi connectivity index (χ3n) is 24.4. The van der Waals surface area contributed by atoms with Crippen molar-refractivity contribution in [2.24, 2.45) is 0 Å². The van der Waals surface area contributed by atoms with Gasteiger partial charge in [-0.25, -0.2) is 24.0 Å². The number of carbonyl (C=O) groups is 17. The molecule has 0 aromatic heterocycles. The molecule has 3 aliphatic rings. The van der Waals surface area contributed by atoms with E-state index in [4.69, 9.17) is 10.2 Å². The van der Waals surface area contributed by atoms with Crippen LogP contribution >= 0.6 is 0 Å². The molecule has 43 nitrogen and oxygen atoms in total. The van der Waals surface area contributed by atoms with Gasteiger partial charge in [-0.2, -0.15) is 0 Å². The summed E-state index contributed by atoms with van der Waals surface area (Å²) >= 11 is 0. The molecule has 43 heteroatoms. The Morgan fingerprint density at radius 2 is 0.514 bits per heavy atom. The number of hydrogen-bond donors (Lipinski definition) is 26. The van der Waals surface area contributed by atoms with Gasteiger partial charge in [-0.05, 0) is 112 Å². The van der Waals surface area contributed by atoms with Gasteiger partial charge < -0.3 is 137 Å². The van der Waals surface area contributed by atoms with E-state index in [1.54, 1.807) is 0 Å². The third-order valence-corrected chi connectivity index (χ3v) is 24.4. The Bertz CT molecular complexity index is 4340. The van der Waals surface area contributed by atoms with Gasteiger partial charge in [0.1, 0.15) is 48.1 Å². The first-order chi connectivity index (χ1) is 69.3.